The number of aryl methyl sites for hydroxylation is 2. The zero-order valence-electron chi connectivity index (χ0n) is 9.20. The molecular weight excluding hydrogens is 222 g/mol. The van der Waals surface area contributed by atoms with Crippen LogP contribution in [0, 0.1) is 6.92 Å². The van der Waals surface area contributed by atoms with Gasteiger partial charge in [-0.2, -0.15) is 0 Å². The topological polar surface area (TPSA) is 22.0 Å². The standard InChI is InChI=1S/C13H12ClNO/c1-9-7-15(2)13(11(9)8-16)10-5-3-4-6-12(10)14/h3-8H,1-2H3. The van der Waals surface area contributed by atoms with Crippen molar-refractivity contribution in [1.29, 1.82) is 0 Å². The van der Waals surface area contributed by atoms with Crippen molar-refractivity contribution in [2.24, 2.45) is 7.05 Å². The Morgan fingerprint density at radius 1 is 1.31 bits per heavy atom. The average molecular weight is 234 g/mol. The van der Waals surface area contributed by atoms with Gasteiger partial charge >= 0.3 is 0 Å². The molecular formula is C13H12ClNO. The molecule has 1 heterocycles. The molecule has 0 saturated heterocycles. The van der Waals surface area contributed by atoms with Gasteiger partial charge in [0.15, 0.2) is 6.29 Å². The van der Waals surface area contributed by atoms with Gasteiger partial charge in [0.2, 0.25) is 0 Å². The Morgan fingerprint density at radius 3 is 2.62 bits per heavy atom. The molecule has 0 aliphatic carbocycles. The quantitative estimate of drug-likeness (QED) is 0.728. The third-order valence-corrected chi connectivity index (χ3v) is 3.00. The van der Waals surface area contributed by atoms with Crippen molar-refractivity contribution in [1.82, 2.24) is 4.57 Å². The predicted octanol–water partition coefficient (Wildman–Crippen LogP) is 3.47. The van der Waals surface area contributed by atoms with Crippen LogP contribution in [0.5, 0.6) is 0 Å². The van der Waals surface area contributed by atoms with E-state index in [1.807, 2.05) is 49.0 Å². The van der Waals surface area contributed by atoms with Crippen LogP contribution in [0.2, 0.25) is 5.02 Å². The third kappa shape index (κ3) is 1.65. The van der Waals surface area contributed by atoms with E-state index in [-0.39, 0.29) is 0 Å². The van der Waals surface area contributed by atoms with Crippen LogP contribution in [0.25, 0.3) is 11.3 Å². The molecule has 1 aromatic carbocycles. The van der Waals surface area contributed by atoms with Crippen LogP contribution in [0.1, 0.15) is 15.9 Å². The van der Waals surface area contributed by atoms with Crippen molar-refractivity contribution >= 4 is 17.9 Å². The zero-order valence-corrected chi connectivity index (χ0v) is 9.95. The highest BCUT2D eigenvalue weighted by atomic mass is 35.5. The number of carbonyl (C=O) groups is 1. The predicted molar refractivity (Wildman–Crippen MR) is 66.0 cm³/mol. The van der Waals surface area contributed by atoms with Gasteiger partial charge in [0.1, 0.15) is 0 Å². The molecule has 0 atom stereocenters. The number of carbonyl (C=O) groups excluding carboxylic acids is 1. The van der Waals surface area contributed by atoms with Crippen molar-refractivity contribution < 1.29 is 4.79 Å². The van der Waals surface area contributed by atoms with Crippen molar-refractivity contribution in [3.05, 3.63) is 46.6 Å². The highest BCUT2D eigenvalue weighted by molar-refractivity contribution is 6.33. The van der Waals surface area contributed by atoms with Crippen LogP contribution in [-0.4, -0.2) is 10.9 Å². The second-order valence-corrected chi connectivity index (χ2v) is 4.19. The molecule has 16 heavy (non-hydrogen) atoms. The summed E-state index contributed by atoms with van der Waals surface area (Å²) in [5.74, 6) is 0. The lowest BCUT2D eigenvalue weighted by atomic mass is 10.1. The average Bonchev–Trinajstić information content (AvgIpc) is 2.54. The fraction of sp³-hybridized carbons (Fsp3) is 0.154. The lowest BCUT2D eigenvalue weighted by Gasteiger charge is -2.06. The third-order valence-electron chi connectivity index (χ3n) is 2.67. The lowest BCUT2D eigenvalue weighted by molar-refractivity contribution is 0.112. The first kappa shape index (κ1) is 11.0. The van der Waals surface area contributed by atoms with E-state index in [1.165, 1.54) is 0 Å². The Balaban J connectivity index is 2.73. The number of hydrogen-bond donors (Lipinski definition) is 0. The van der Waals surface area contributed by atoms with Gasteiger partial charge in [0, 0.05) is 29.4 Å². The molecule has 1 aromatic heterocycles. The Labute approximate surface area is 99.5 Å². The van der Waals surface area contributed by atoms with Gasteiger partial charge in [-0.25, -0.2) is 0 Å². The summed E-state index contributed by atoms with van der Waals surface area (Å²) in [6.07, 6.45) is 2.82. The van der Waals surface area contributed by atoms with Crippen LogP contribution >= 0.6 is 11.6 Å². The van der Waals surface area contributed by atoms with E-state index >= 15 is 0 Å². The number of nitrogens with zero attached hydrogens (tertiary/aromatic N) is 1. The molecule has 0 unspecified atom stereocenters. The van der Waals surface area contributed by atoms with Crippen molar-refractivity contribution in [2.75, 3.05) is 0 Å². The summed E-state index contributed by atoms with van der Waals surface area (Å²) in [4.78, 5) is 11.1. The minimum Gasteiger partial charge on any atom is -0.350 e. The second-order valence-electron chi connectivity index (χ2n) is 3.78. The Hall–Kier alpha value is -1.54. The Morgan fingerprint density at radius 2 is 2.00 bits per heavy atom. The minimum absolute atomic E-state index is 0.659. The maximum Gasteiger partial charge on any atom is 0.152 e. The molecule has 0 bridgehead atoms. The van der Waals surface area contributed by atoms with Crippen LogP contribution in [0.15, 0.2) is 30.5 Å². The van der Waals surface area contributed by atoms with Crippen LogP contribution in [-0.2, 0) is 7.05 Å². The Bertz CT molecular complexity index is 543. The summed E-state index contributed by atoms with van der Waals surface area (Å²) < 4.78 is 1.93. The molecule has 2 rings (SSSR count). The van der Waals surface area contributed by atoms with E-state index in [4.69, 9.17) is 11.6 Å². The summed E-state index contributed by atoms with van der Waals surface area (Å²) in [6, 6.07) is 7.54. The number of aromatic nitrogens is 1. The Kier molecular flexibility index (Phi) is 2.84. The second kappa shape index (κ2) is 4.14. The molecule has 3 heteroatoms. The number of rotatable bonds is 2. The van der Waals surface area contributed by atoms with Crippen LogP contribution in [0.3, 0.4) is 0 Å². The van der Waals surface area contributed by atoms with E-state index in [1.54, 1.807) is 0 Å². The fourth-order valence-electron chi connectivity index (χ4n) is 1.94. The molecule has 0 aliphatic rings. The first-order valence-corrected chi connectivity index (χ1v) is 5.39. The van der Waals surface area contributed by atoms with E-state index in [2.05, 4.69) is 0 Å². The first-order chi connectivity index (χ1) is 7.65. The highest BCUT2D eigenvalue weighted by Crippen LogP contribution is 2.31. The van der Waals surface area contributed by atoms with Crippen LogP contribution < -0.4 is 0 Å². The van der Waals surface area contributed by atoms with Gasteiger partial charge in [-0.15, -0.1) is 0 Å². The van der Waals surface area contributed by atoms with Crippen molar-refractivity contribution in [3.63, 3.8) is 0 Å². The monoisotopic (exact) mass is 233 g/mol. The molecule has 0 radical (unpaired) electrons. The molecule has 2 aromatic rings. The molecule has 0 aliphatic heterocycles. The number of benzene rings is 1. The smallest absolute Gasteiger partial charge is 0.152 e. The van der Waals surface area contributed by atoms with E-state index < -0.39 is 0 Å². The molecule has 82 valence electrons. The summed E-state index contributed by atoms with van der Waals surface area (Å²) in [7, 11) is 1.92. The fourth-order valence-corrected chi connectivity index (χ4v) is 2.16. The van der Waals surface area contributed by atoms with Gasteiger partial charge < -0.3 is 4.57 Å². The first-order valence-electron chi connectivity index (χ1n) is 5.01. The minimum atomic E-state index is 0.659. The molecule has 2 nitrogen and oxygen atoms in total. The lowest BCUT2D eigenvalue weighted by Crippen LogP contribution is -1.93. The van der Waals surface area contributed by atoms with E-state index in [0.29, 0.717) is 10.6 Å². The van der Waals surface area contributed by atoms with Gasteiger partial charge in [-0.1, -0.05) is 29.8 Å². The van der Waals surface area contributed by atoms with Gasteiger partial charge in [0.25, 0.3) is 0 Å². The van der Waals surface area contributed by atoms with Crippen LogP contribution in [0.4, 0.5) is 0 Å². The molecule has 0 N–H and O–H groups in total. The molecule has 0 spiro atoms. The van der Waals surface area contributed by atoms with Gasteiger partial charge in [-0.3, -0.25) is 4.79 Å². The molecule has 0 fully saturated rings. The SMILES string of the molecule is Cc1cn(C)c(-c2ccccc2Cl)c1C=O. The molecule has 0 amide bonds. The molecule has 0 saturated carbocycles. The van der Waals surface area contributed by atoms with Crippen molar-refractivity contribution in [3.8, 4) is 11.3 Å². The highest BCUT2D eigenvalue weighted by Gasteiger charge is 2.14. The normalized spacial score (nSPS) is 10.4. The van der Waals surface area contributed by atoms with E-state index in [9.17, 15) is 4.79 Å². The number of halogens is 1. The van der Waals surface area contributed by atoms with E-state index in [0.717, 1.165) is 23.1 Å². The number of hydrogen-bond acceptors (Lipinski definition) is 1. The summed E-state index contributed by atoms with van der Waals surface area (Å²) in [6.45, 7) is 1.92. The maximum atomic E-state index is 11.1. The van der Waals surface area contributed by atoms with Crippen molar-refractivity contribution in [2.45, 2.75) is 6.92 Å². The summed E-state index contributed by atoms with van der Waals surface area (Å²) >= 11 is 6.14. The summed E-state index contributed by atoms with van der Waals surface area (Å²) in [5, 5.41) is 0.659. The summed E-state index contributed by atoms with van der Waals surface area (Å²) in [5.41, 5.74) is 3.43. The maximum absolute atomic E-state index is 11.1. The largest absolute Gasteiger partial charge is 0.350 e. The number of aldehydes is 1. The van der Waals surface area contributed by atoms with Gasteiger partial charge in [-0.05, 0) is 18.6 Å². The van der Waals surface area contributed by atoms with Gasteiger partial charge in [0.05, 0.1) is 5.69 Å². The zero-order chi connectivity index (χ0) is 11.7.